The molecule has 0 saturated carbocycles. The number of carbonyl (C=O) groups excluding carboxylic acids is 1. The second kappa shape index (κ2) is 7.24. The zero-order chi connectivity index (χ0) is 19.7. The SMILES string of the molecule is CS(=O)(=O)c1ccc(C(=O)Nc2ccc(-c3cn4c(n3)CCCC4)cc2)cc1. The number of hydrogen-bond acceptors (Lipinski definition) is 4. The Hall–Kier alpha value is -2.93. The van der Waals surface area contributed by atoms with Crippen LogP contribution in [0.3, 0.4) is 0 Å². The van der Waals surface area contributed by atoms with Crippen molar-refractivity contribution in [1.82, 2.24) is 9.55 Å². The summed E-state index contributed by atoms with van der Waals surface area (Å²) in [5.74, 6) is 0.849. The van der Waals surface area contributed by atoms with Gasteiger partial charge < -0.3 is 9.88 Å². The van der Waals surface area contributed by atoms with E-state index in [-0.39, 0.29) is 10.8 Å². The lowest BCUT2D eigenvalue weighted by Crippen LogP contribution is -2.12. The lowest BCUT2D eigenvalue weighted by atomic mass is 10.1. The zero-order valence-electron chi connectivity index (χ0n) is 15.6. The van der Waals surface area contributed by atoms with Crippen molar-refractivity contribution < 1.29 is 13.2 Å². The van der Waals surface area contributed by atoms with Gasteiger partial charge in [-0.25, -0.2) is 13.4 Å². The molecule has 1 aliphatic heterocycles. The fourth-order valence-corrected chi connectivity index (χ4v) is 3.96. The Morgan fingerprint density at radius 3 is 2.39 bits per heavy atom. The van der Waals surface area contributed by atoms with Crippen molar-refractivity contribution in [2.24, 2.45) is 0 Å². The highest BCUT2D eigenvalue weighted by Gasteiger charge is 2.14. The van der Waals surface area contributed by atoms with Crippen LogP contribution >= 0.6 is 0 Å². The summed E-state index contributed by atoms with van der Waals surface area (Å²) in [6, 6.07) is 13.5. The van der Waals surface area contributed by atoms with E-state index < -0.39 is 9.84 Å². The maximum absolute atomic E-state index is 12.4. The van der Waals surface area contributed by atoms with Crippen LogP contribution in [0.15, 0.2) is 59.6 Å². The van der Waals surface area contributed by atoms with E-state index in [4.69, 9.17) is 4.98 Å². The van der Waals surface area contributed by atoms with E-state index >= 15 is 0 Å². The van der Waals surface area contributed by atoms with Gasteiger partial charge in [0.2, 0.25) is 0 Å². The van der Waals surface area contributed by atoms with Gasteiger partial charge in [0, 0.05) is 42.2 Å². The number of sulfone groups is 1. The van der Waals surface area contributed by atoms with Crippen LogP contribution in [-0.4, -0.2) is 30.1 Å². The molecule has 0 saturated heterocycles. The van der Waals surface area contributed by atoms with E-state index in [1.807, 2.05) is 24.3 Å². The van der Waals surface area contributed by atoms with Crippen LogP contribution in [0.1, 0.15) is 29.0 Å². The summed E-state index contributed by atoms with van der Waals surface area (Å²) in [5, 5.41) is 2.83. The van der Waals surface area contributed by atoms with Crippen molar-refractivity contribution >= 4 is 21.4 Å². The molecule has 6 nitrogen and oxygen atoms in total. The number of benzene rings is 2. The summed E-state index contributed by atoms with van der Waals surface area (Å²) in [5.41, 5.74) is 3.03. The molecule has 7 heteroatoms. The fraction of sp³-hybridized carbons (Fsp3) is 0.238. The van der Waals surface area contributed by atoms with Gasteiger partial charge in [-0.3, -0.25) is 4.79 Å². The molecular weight excluding hydrogens is 374 g/mol. The highest BCUT2D eigenvalue weighted by Crippen LogP contribution is 2.24. The molecule has 2 aromatic carbocycles. The highest BCUT2D eigenvalue weighted by atomic mass is 32.2. The Balaban J connectivity index is 1.47. The van der Waals surface area contributed by atoms with Crippen LogP contribution in [0.4, 0.5) is 5.69 Å². The number of aryl methyl sites for hydroxylation is 2. The summed E-state index contributed by atoms with van der Waals surface area (Å²) in [6.45, 7) is 1.02. The fourth-order valence-electron chi connectivity index (χ4n) is 3.33. The van der Waals surface area contributed by atoms with E-state index in [2.05, 4.69) is 16.1 Å². The van der Waals surface area contributed by atoms with Crippen LogP contribution in [0.2, 0.25) is 0 Å². The molecule has 0 unspecified atom stereocenters. The second-order valence-electron chi connectivity index (χ2n) is 7.02. The Morgan fingerprint density at radius 1 is 1.04 bits per heavy atom. The zero-order valence-corrected chi connectivity index (χ0v) is 16.4. The van der Waals surface area contributed by atoms with E-state index in [0.29, 0.717) is 11.3 Å². The molecule has 2 heterocycles. The molecule has 0 bridgehead atoms. The van der Waals surface area contributed by atoms with E-state index in [9.17, 15) is 13.2 Å². The molecule has 144 valence electrons. The Kier molecular flexibility index (Phi) is 4.77. The van der Waals surface area contributed by atoms with Crippen molar-refractivity contribution in [2.45, 2.75) is 30.7 Å². The summed E-state index contributed by atoms with van der Waals surface area (Å²) in [6.07, 6.45) is 6.63. The van der Waals surface area contributed by atoms with Crippen molar-refractivity contribution in [1.29, 1.82) is 0 Å². The summed E-state index contributed by atoms with van der Waals surface area (Å²) in [4.78, 5) is 17.3. The van der Waals surface area contributed by atoms with Gasteiger partial charge >= 0.3 is 0 Å². The van der Waals surface area contributed by atoms with Crippen molar-refractivity contribution in [2.75, 3.05) is 11.6 Å². The first-order valence-electron chi connectivity index (χ1n) is 9.18. The van der Waals surface area contributed by atoms with Crippen molar-refractivity contribution in [3.8, 4) is 11.3 Å². The van der Waals surface area contributed by atoms with Gasteiger partial charge in [-0.15, -0.1) is 0 Å². The van der Waals surface area contributed by atoms with Gasteiger partial charge in [-0.1, -0.05) is 12.1 Å². The van der Waals surface area contributed by atoms with Crippen molar-refractivity contribution in [3.05, 3.63) is 66.1 Å². The number of carbonyl (C=O) groups is 1. The molecule has 0 radical (unpaired) electrons. The molecular formula is C21H21N3O3S. The Labute approximate surface area is 164 Å². The number of nitrogens with one attached hydrogen (secondary N) is 1. The predicted octanol–water partition coefficient (Wildman–Crippen LogP) is 3.54. The molecule has 4 rings (SSSR count). The Bertz CT molecular complexity index is 1090. The molecule has 0 aliphatic carbocycles. The first-order valence-corrected chi connectivity index (χ1v) is 11.1. The van der Waals surface area contributed by atoms with E-state index in [1.54, 1.807) is 0 Å². The summed E-state index contributed by atoms with van der Waals surface area (Å²) < 4.78 is 25.2. The van der Waals surface area contributed by atoms with Crippen LogP contribution in [0.5, 0.6) is 0 Å². The number of hydrogen-bond donors (Lipinski definition) is 1. The minimum Gasteiger partial charge on any atom is -0.334 e. The molecule has 1 aromatic heterocycles. The quantitative estimate of drug-likeness (QED) is 0.733. The monoisotopic (exact) mass is 395 g/mol. The Morgan fingerprint density at radius 2 is 1.75 bits per heavy atom. The number of imidazole rings is 1. The number of anilines is 1. The van der Waals surface area contributed by atoms with Gasteiger partial charge in [0.15, 0.2) is 9.84 Å². The third-order valence-electron chi connectivity index (χ3n) is 4.89. The van der Waals surface area contributed by atoms with Crippen molar-refractivity contribution in [3.63, 3.8) is 0 Å². The minimum atomic E-state index is -3.28. The highest BCUT2D eigenvalue weighted by molar-refractivity contribution is 7.90. The first-order chi connectivity index (χ1) is 13.4. The largest absolute Gasteiger partial charge is 0.334 e. The number of nitrogens with zero attached hydrogens (tertiary/aromatic N) is 2. The van der Waals surface area contributed by atoms with Gasteiger partial charge in [-0.05, 0) is 49.2 Å². The summed E-state index contributed by atoms with van der Waals surface area (Å²) in [7, 11) is -3.28. The third kappa shape index (κ3) is 3.84. The average molecular weight is 395 g/mol. The number of aromatic nitrogens is 2. The predicted molar refractivity (Wildman–Crippen MR) is 108 cm³/mol. The lowest BCUT2D eigenvalue weighted by molar-refractivity contribution is 0.102. The summed E-state index contributed by atoms with van der Waals surface area (Å²) >= 11 is 0. The second-order valence-corrected chi connectivity index (χ2v) is 9.04. The number of rotatable bonds is 4. The first kappa shape index (κ1) is 18.4. The number of amides is 1. The van der Waals surface area contributed by atoms with Crippen LogP contribution in [-0.2, 0) is 22.8 Å². The molecule has 1 amide bonds. The molecule has 3 aromatic rings. The molecule has 0 spiro atoms. The molecule has 1 aliphatic rings. The molecule has 1 N–H and O–H groups in total. The van der Waals surface area contributed by atoms with Gasteiger partial charge in [0.05, 0.1) is 10.6 Å². The van der Waals surface area contributed by atoms with Gasteiger partial charge in [0.25, 0.3) is 5.91 Å². The van der Waals surface area contributed by atoms with E-state index in [1.165, 1.54) is 37.1 Å². The van der Waals surface area contributed by atoms with E-state index in [0.717, 1.165) is 36.3 Å². The third-order valence-corrected chi connectivity index (χ3v) is 6.02. The smallest absolute Gasteiger partial charge is 0.255 e. The standard InChI is InChI=1S/C21H21N3O3S/c1-28(26,27)18-11-7-16(8-12-18)21(25)22-17-9-5-15(6-10-17)19-14-24-13-3-2-4-20(24)23-19/h5-12,14H,2-4,13H2,1H3,(H,22,25). The minimum absolute atomic E-state index is 0.191. The van der Waals surface area contributed by atoms with Gasteiger partial charge in [-0.2, -0.15) is 0 Å². The molecule has 0 fully saturated rings. The lowest BCUT2D eigenvalue weighted by Gasteiger charge is -2.11. The van der Waals surface area contributed by atoms with Crippen LogP contribution < -0.4 is 5.32 Å². The number of fused-ring (bicyclic) bond motifs is 1. The maximum atomic E-state index is 12.4. The maximum Gasteiger partial charge on any atom is 0.255 e. The molecule has 0 atom stereocenters. The topological polar surface area (TPSA) is 81.1 Å². The van der Waals surface area contributed by atoms with Crippen LogP contribution in [0, 0.1) is 0 Å². The van der Waals surface area contributed by atoms with Crippen LogP contribution in [0.25, 0.3) is 11.3 Å². The molecule has 28 heavy (non-hydrogen) atoms. The van der Waals surface area contributed by atoms with Gasteiger partial charge in [0.1, 0.15) is 5.82 Å². The normalized spacial score (nSPS) is 13.8. The average Bonchev–Trinajstić information content (AvgIpc) is 3.12.